The monoisotopic (exact) mass is 388 g/mol. The maximum absolute atomic E-state index is 12.7. The Morgan fingerprint density at radius 3 is 2.76 bits per heavy atom. The summed E-state index contributed by atoms with van der Waals surface area (Å²) in [4.78, 5) is 17.2. The molecule has 0 aliphatic rings. The first-order valence-corrected chi connectivity index (χ1v) is 9.97. The van der Waals surface area contributed by atoms with Gasteiger partial charge < -0.3 is 5.32 Å². The Morgan fingerprint density at radius 1 is 1.24 bits per heavy atom. The van der Waals surface area contributed by atoms with E-state index in [4.69, 9.17) is 11.6 Å². The highest BCUT2D eigenvalue weighted by Gasteiger charge is 2.13. The van der Waals surface area contributed by atoms with E-state index in [1.807, 2.05) is 55.6 Å². The van der Waals surface area contributed by atoms with E-state index in [-0.39, 0.29) is 5.91 Å². The fourth-order valence-corrected chi connectivity index (χ4v) is 4.44. The van der Waals surface area contributed by atoms with E-state index in [1.165, 1.54) is 0 Å². The van der Waals surface area contributed by atoms with Crippen LogP contribution >= 0.6 is 34.7 Å². The minimum absolute atomic E-state index is 0.114. The fourth-order valence-electron chi connectivity index (χ4n) is 2.36. The second-order valence-corrected chi connectivity index (χ2v) is 8.13. The van der Waals surface area contributed by atoms with Crippen LogP contribution in [0.5, 0.6) is 0 Å². The normalized spacial score (nSPS) is 10.7. The number of hydrogen-bond donors (Lipinski definition) is 1. The van der Waals surface area contributed by atoms with Crippen molar-refractivity contribution in [1.29, 1.82) is 0 Å². The molecule has 3 nitrogen and oxygen atoms in total. The molecule has 2 aromatic carbocycles. The van der Waals surface area contributed by atoms with Crippen LogP contribution in [-0.2, 0) is 5.75 Å². The van der Waals surface area contributed by atoms with E-state index in [0.29, 0.717) is 16.3 Å². The number of halogens is 1. The smallest absolute Gasteiger partial charge is 0.255 e. The Labute approximate surface area is 160 Å². The number of aromatic nitrogens is 1. The number of thioether (sulfide) groups is 1. The number of hydrogen-bond acceptors (Lipinski definition) is 4. The van der Waals surface area contributed by atoms with Gasteiger partial charge >= 0.3 is 0 Å². The van der Waals surface area contributed by atoms with Crippen molar-refractivity contribution in [2.24, 2.45) is 0 Å². The summed E-state index contributed by atoms with van der Waals surface area (Å²) in [5.41, 5.74) is 4.40. The van der Waals surface area contributed by atoms with Crippen molar-refractivity contribution in [3.8, 4) is 0 Å². The molecule has 0 aliphatic carbocycles. The molecular formula is C19H17ClN2OS2. The molecule has 1 N–H and O–H groups in total. The average Bonchev–Trinajstić information content (AvgIpc) is 3.01. The summed E-state index contributed by atoms with van der Waals surface area (Å²) in [6.45, 7) is 3.91. The summed E-state index contributed by atoms with van der Waals surface area (Å²) < 4.78 is 1.02. The number of amides is 1. The van der Waals surface area contributed by atoms with Crippen LogP contribution in [0.1, 0.15) is 27.2 Å². The van der Waals surface area contributed by atoms with Crippen molar-refractivity contribution < 1.29 is 4.79 Å². The zero-order valence-electron chi connectivity index (χ0n) is 13.9. The molecule has 0 fully saturated rings. The molecule has 1 amide bonds. The van der Waals surface area contributed by atoms with Crippen LogP contribution in [0.3, 0.4) is 0 Å². The predicted molar refractivity (Wildman–Crippen MR) is 107 cm³/mol. The Balaban J connectivity index is 1.76. The quantitative estimate of drug-likeness (QED) is 0.548. The van der Waals surface area contributed by atoms with Gasteiger partial charge in [-0.1, -0.05) is 41.6 Å². The zero-order chi connectivity index (χ0) is 17.8. The lowest BCUT2D eigenvalue weighted by Gasteiger charge is -2.11. The van der Waals surface area contributed by atoms with E-state index in [0.717, 1.165) is 26.8 Å². The Hall–Kier alpha value is -1.82. The molecule has 0 aliphatic heterocycles. The van der Waals surface area contributed by atoms with Gasteiger partial charge in [0, 0.05) is 33.1 Å². The predicted octanol–water partition coefficient (Wildman–Crippen LogP) is 5.96. The summed E-state index contributed by atoms with van der Waals surface area (Å²) in [5, 5.41) is 5.67. The van der Waals surface area contributed by atoms with Gasteiger partial charge in [0.25, 0.3) is 5.91 Å². The van der Waals surface area contributed by atoms with Gasteiger partial charge in [-0.15, -0.1) is 11.3 Å². The van der Waals surface area contributed by atoms with Gasteiger partial charge in [0.15, 0.2) is 0 Å². The van der Waals surface area contributed by atoms with Gasteiger partial charge in [-0.3, -0.25) is 4.79 Å². The van der Waals surface area contributed by atoms with E-state index in [9.17, 15) is 4.79 Å². The Morgan fingerprint density at radius 2 is 2.04 bits per heavy atom. The minimum atomic E-state index is -0.114. The van der Waals surface area contributed by atoms with Crippen molar-refractivity contribution >= 4 is 46.3 Å². The van der Waals surface area contributed by atoms with E-state index in [1.54, 1.807) is 29.2 Å². The standard InChI is InChI=1S/C19H17ClN2OS2/c1-12-9-15(20)7-8-17(12)22-18(23)16-6-4-3-5-14(16)11-25-19-21-13(2)10-24-19/h3-10H,11H2,1-2H3,(H,22,23). The lowest BCUT2D eigenvalue weighted by molar-refractivity contribution is 0.102. The number of aryl methyl sites for hydroxylation is 2. The number of rotatable bonds is 5. The van der Waals surface area contributed by atoms with Crippen LogP contribution in [-0.4, -0.2) is 10.9 Å². The molecule has 0 atom stereocenters. The third-order valence-corrected chi connectivity index (χ3v) is 6.07. The highest BCUT2D eigenvalue weighted by atomic mass is 35.5. The molecule has 1 aromatic heterocycles. The van der Waals surface area contributed by atoms with Crippen molar-refractivity contribution in [3.63, 3.8) is 0 Å². The summed E-state index contributed by atoms with van der Waals surface area (Å²) in [7, 11) is 0. The molecule has 25 heavy (non-hydrogen) atoms. The molecule has 6 heteroatoms. The first-order chi connectivity index (χ1) is 12.0. The van der Waals surface area contributed by atoms with Crippen LogP contribution < -0.4 is 5.32 Å². The van der Waals surface area contributed by atoms with Gasteiger partial charge in [-0.2, -0.15) is 0 Å². The number of anilines is 1. The SMILES string of the molecule is Cc1csc(SCc2ccccc2C(=O)Nc2ccc(Cl)cc2C)n1. The topological polar surface area (TPSA) is 42.0 Å². The number of carbonyl (C=O) groups excluding carboxylic acids is 1. The van der Waals surface area contributed by atoms with Crippen LogP contribution in [0.4, 0.5) is 5.69 Å². The molecule has 0 saturated carbocycles. The number of nitrogens with one attached hydrogen (secondary N) is 1. The second-order valence-electron chi connectivity index (χ2n) is 5.61. The van der Waals surface area contributed by atoms with Gasteiger partial charge in [0.1, 0.15) is 4.34 Å². The molecule has 128 valence electrons. The molecule has 3 aromatic rings. The molecule has 0 spiro atoms. The van der Waals surface area contributed by atoms with Crippen LogP contribution in [0, 0.1) is 13.8 Å². The fraction of sp³-hybridized carbons (Fsp3) is 0.158. The second kappa shape index (κ2) is 8.04. The number of thiazole rings is 1. The molecule has 0 unspecified atom stereocenters. The number of carbonyl (C=O) groups is 1. The average molecular weight is 389 g/mol. The molecule has 1 heterocycles. The van der Waals surface area contributed by atoms with Crippen molar-refractivity contribution in [3.05, 3.63) is 75.3 Å². The first-order valence-electron chi connectivity index (χ1n) is 7.73. The molecule has 0 saturated heterocycles. The van der Waals surface area contributed by atoms with E-state index in [2.05, 4.69) is 10.3 Å². The third kappa shape index (κ3) is 4.63. The maximum atomic E-state index is 12.7. The first kappa shape index (κ1) is 18.0. The molecule has 0 radical (unpaired) electrons. The van der Waals surface area contributed by atoms with Gasteiger partial charge in [-0.05, 0) is 49.2 Å². The number of benzene rings is 2. The van der Waals surface area contributed by atoms with Gasteiger partial charge in [0.2, 0.25) is 0 Å². The van der Waals surface area contributed by atoms with E-state index < -0.39 is 0 Å². The lowest BCUT2D eigenvalue weighted by Crippen LogP contribution is -2.14. The van der Waals surface area contributed by atoms with Gasteiger partial charge in [0.05, 0.1) is 0 Å². The molecule has 0 bridgehead atoms. The van der Waals surface area contributed by atoms with Crippen molar-refractivity contribution in [2.45, 2.75) is 23.9 Å². The van der Waals surface area contributed by atoms with Crippen LogP contribution in [0.2, 0.25) is 5.02 Å². The summed E-state index contributed by atoms with van der Waals surface area (Å²) in [5.74, 6) is 0.591. The minimum Gasteiger partial charge on any atom is -0.322 e. The van der Waals surface area contributed by atoms with Crippen molar-refractivity contribution in [2.75, 3.05) is 5.32 Å². The highest BCUT2D eigenvalue weighted by Crippen LogP contribution is 2.28. The largest absolute Gasteiger partial charge is 0.322 e. The molecule has 3 rings (SSSR count). The molecular weight excluding hydrogens is 372 g/mol. The van der Waals surface area contributed by atoms with Crippen molar-refractivity contribution in [1.82, 2.24) is 4.98 Å². The Kier molecular flexibility index (Phi) is 5.78. The Bertz CT molecular complexity index is 908. The van der Waals surface area contributed by atoms with E-state index >= 15 is 0 Å². The summed E-state index contributed by atoms with van der Waals surface area (Å²) >= 11 is 9.25. The zero-order valence-corrected chi connectivity index (χ0v) is 16.3. The van der Waals surface area contributed by atoms with Crippen LogP contribution in [0.15, 0.2) is 52.2 Å². The lowest BCUT2D eigenvalue weighted by atomic mass is 10.1. The van der Waals surface area contributed by atoms with Gasteiger partial charge in [-0.25, -0.2) is 4.98 Å². The maximum Gasteiger partial charge on any atom is 0.255 e. The van der Waals surface area contributed by atoms with Crippen LogP contribution in [0.25, 0.3) is 0 Å². The highest BCUT2D eigenvalue weighted by molar-refractivity contribution is 8.00. The summed E-state index contributed by atoms with van der Waals surface area (Å²) in [6.07, 6.45) is 0. The summed E-state index contributed by atoms with van der Waals surface area (Å²) in [6, 6.07) is 13.1. The number of nitrogens with zero attached hydrogens (tertiary/aromatic N) is 1. The third-order valence-electron chi connectivity index (χ3n) is 3.65.